The molecule has 6 nitrogen and oxygen atoms in total. The van der Waals surface area contributed by atoms with Crippen LogP contribution in [-0.4, -0.2) is 35.0 Å². The van der Waals surface area contributed by atoms with E-state index in [1.807, 2.05) is 31.2 Å². The molecular weight excluding hydrogens is 302 g/mol. The van der Waals surface area contributed by atoms with Crippen molar-refractivity contribution in [1.82, 2.24) is 15.5 Å². The Hall–Kier alpha value is -2.46. The molecule has 0 fully saturated rings. The molecule has 0 bridgehead atoms. The molecule has 1 amide bonds. The van der Waals surface area contributed by atoms with Gasteiger partial charge in [0, 0.05) is 0 Å². The zero-order chi connectivity index (χ0) is 15.8. The summed E-state index contributed by atoms with van der Waals surface area (Å²) < 4.78 is 11.1. The fourth-order valence-electron chi connectivity index (χ4n) is 1.63. The van der Waals surface area contributed by atoms with Crippen molar-refractivity contribution in [1.29, 1.82) is 0 Å². The van der Waals surface area contributed by atoms with E-state index in [2.05, 4.69) is 21.4 Å². The van der Waals surface area contributed by atoms with Crippen LogP contribution in [0.5, 0.6) is 5.75 Å². The molecule has 1 heterocycles. The van der Waals surface area contributed by atoms with Gasteiger partial charge in [0.2, 0.25) is 5.91 Å². The number of thioether (sulfide) groups is 1. The van der Waals surface area contributed by atoms with Crippen LogP contribution in [0.25, 0.3) is 11.5 Å². The third-order valence-corrected chi connectivity index (χ3v) is 3.36. The summed E-state index contributed by atoms with van der Waals surface area (Å²) in [6.07, 6.45) is 5.07. The molecule has 0 unspecified atom stereocenters. The van der Waals surface area contributed by atoms with Crippen LogP contribution in [0.2, 0.25) is 0 Å². The zero-order valence-corrected chi connectivity index (χ0v) is 12.9. The van der Waals surface area contributed by atoms with Crippen molar-refractivity contribution in [2.24, 2.45) is 0 Å². The minimum Gasteiger partial charge on any atom is -0.493 e. The van der Waals surface area contributed by atoms with Crippen LogP contribution in [0.1, 0.15) is 6.92 Å². The minimum absolute atomic E-state index is 0.163. The molecule has 22 heavy (non-hydrogen) atoms. The summed E-state index contributed by atoms with van der Waals surface area (Å²) in [5, 5.41) is 10.8. The molecule has 0 aliphatic heterocycles. The molecule has 2 aromatic rings. The number of para-hydroxylation sites is 1. The van der Waals surface area contributed by atoms with E-state index in [9.17, 15) is 4.79 Å². The Morgan fingerprint density at radius 3 is 3.05 bits per heavy atom. The highest BCUT2D eigenvalue weighted by molar-refractivity contribution is 7.99. The average Bonchev–Trinajstić information content (AvgIpc) is 3.00. The molecule has 114 valence electrons. The number of terminal acetylenes is 1. The van der Waals surface area contributed by atoms with Gasteiger partial charge in [-0.05, 0) is 19.1 Å². The second-order valence-corrected chi connectivity index (χ2v) is 5.00. The van der Waals surface area contributed by atoms with E-state index >= 15 is 0 Å². The molecule has 0 aliphatic carbocycles. The van der Waals surface area contributed by atoms with E-state index in [0.717, 1.165) is 17.3 Å². The van der Waals surface area contributed by atoms with Gasteiger partial charge in [-0.1, -0.05) is 29.8 Å². The van der Waals surface area contributed by atoms with Gasteiger partial charge in [-0.3, -0.25) is 4.79 Å². The lowest BCUT2D eigenvalue weighted by Crippen LogP contribution is -2.25. The van der Waals surface area contributed by atoms with Gasteiger partial charge in [-0.25, -0.2) is 0 Å². The predicted molar refractivity (Wildman–Crippen MR) is 83.5 cm³/mol. The molecule has 0 spiro atoms. The van der Waals surface area contributed by atoms with Crippen LogP contribution in [0.3, 0.4) is 0 Å². The van der Waals surface area contributed by atoms with Gasteiger partial charge in [0.05, 0.1) is 24.5 Å². The number of nitrogens with zero attached hydrogens (tertiary/aromatic N) is 2. The number of amides is 1. The van der Waals surface area contributed by atoms with Crippen molar-refractivity contribution in [3.63, 3.8) is 0 Å². The van der Waals surface area contributed by atoms with E-state index < -0.39 is 0 Å². The lowest BCUT2D eigenvalue weighted by atomic mass is 10.2. The summed E-state index contributed by atoms with van der Waals surface area (Å²) in [7, 11) is 0. The van der Waals surface area contributed by atoms with Crippen LogP contribution in [0.15, 0.2) is 33.9 Å². The Balaban J connectivity index is 2.03. The predicted octanol–water partition coefficient (Wildman–Crippen LogP) is 1.98. The van der Waals surface area contributed by atoms with Gasteiger partial charge in [0.25, 0.3) is 11.1 Å². The first kappa shape index (κ1) is 15.9. The lowest BCUT2D eigenvalue weighted by molar-refractivity contribution is -0.118. The number of ether oxygens (including phenoxy) is 1. The van der Waals surface area contributed by atoms with E-state index in [4.69, 9.17) is 15.6 Å². The quantitative estimate of drug-likeness (QED) is 0.621. The number of nitrogens with one attached hydrogen (secondary N) is 1. The molecule has 1 N–H and O–H groups in total. The molecule has 0 atom stereocenters. The Morgan fingerprint density at radius 1 is 1.45 bits per heavy atom. The summed E-state index contributed by atoms with van der Waals surface area (Å²) >= 11 is 1.15. The number of rotatable bonds is 7. The summed E-state index contributed by atoms with van der Waals surface area (Å²) in [5.74, 6) is 3.35. The van der Waals surface area contributed by atoms with Gasteiger partial charge >= 0.3 is 0 Å². The zero-order valence-electron chi connectivity index (χ0n) is 12.0. The first-order valence-corrected chi connectivity index (χ1v) is 7.61. The van der Waals surface area contributed by atoms with Gasteiger partial charge in [-0.15, -0.1) is 16.6 Å². The van der Waals surface area contributed by atoms with Crippen molar-refractivity contribution in [3.8, 4) is 29.5 Å². The number of hydrogen-bond acceptors (Lipinski definition) is 6. The Labute approximate surface area is 132 Å². The maximum atomic E-state index is 11.5. The van der Waals surface area contributed by atoms with Gasteiger partial charge in [0.15, 0.2) is 0 Å². The fourth-order valence-corrected chi connectivity index (χ4v) is 2.22. The first-order valence-electron chi connectivity index (χ1n) is 6.63. The maximum absolute atomic E-state index is 11.5. The van der Waals surface area contributed by atoms with Crippen molar-refractivity contribution in [2.45, 2.75) is 12.1 Å². The Morgan fingerprint density at radius 2 is 2.27 bits per heavy atom. The monoisotopic (exact) mass is 317 g/mol. The van der Waals surface area contributed by atoms with Crippen LogP contribution in [-0.2, 0) is 4.79 Å². The molecule has 1 aromatic heterocycles. The maximum Gasteiger partial charge on any atom is 0.277 e. The third-order valence-electron chi connectivity index (χ3n) is 2.54. The van der Waals surface area contributed by atoms with Crippen molar-refractivity contribution in [2.75, 3.05) is 18.9 Å². The normalized spacial score (nSPS) is 10.0. The molecule has 7 heteroatoms. The molecule has 0 saturated carbocycles. The van der Waals surface area contributed by atoms with E-state index in [0.29, 0.717) is 23.5 Å². The summed E-state index contributed by atoms with van der Waals surface area (Å²) in [5.41, 5.74) is 0.723. The summed E-state index contributed by atoms with van der Waals surface area (Å²) in [6.45, 7) is 2.65. The van der Waals surface area contributed by atoms with Gasteiger partial charge in [0.1, 0.15) is 5.75 Å². The Kier molecular flexibility index (Phi) is 5.86. The highest BCUT2D eigenvalue weighted by Crippen LogP contribution is 2.30. The fraction of sp³-hybridized carbons (Fsp3) is 0.267. The highest BCUT2D eigenvalue weighted by atomic mass is 32.2. The molecule has 0 radical (unpaired) electrons. The topological polar surface area (TPSA) is 77.2 Å². The molecule has 2 rings (SSSR count). The van der Waals surface area contributed by atoms with Crippen LogP contribution in [0.4, 0.5) is 0 Å². The van der Waals surface area contributed by atoms with Crippen LogP contribution < -0.4 is 10.1 Å². The molecule has 0 aliphatic rings. The van der Waals surface area contributed by atoms with Crippen molar-refractivity contribution in [3.05, 3.63) is 24.3 Å². The van der Waals surface area contributed by atoms with E-state index in [1.165, 1.54) is 0 Å². The largest absolute Gasteiger partial charge is 0.493 e. The summed E-state index contributed by atoms with van der Waals surface area (Å²) in [6, 6.07) is 7.41. The van der Waals surface area contributed by atoms with Crippen LogP contribution in [0, 0.1) is 12.3 Å². The second kappa shape index (κ2) is 8.10. The smallest absolute Gasteiger partial charge is 0.277 e. The number of hydrogen-bond donors (Lipinski definition) is 1. The van der Waals surface area contributed by atoms with E-state index in [1.54, 1.807) is 0 Å². The third kappa shape index (κ3) is 4.27. The van der Waals surface area contributed by atoms with Crippen molar-refractivity contribution >= 4 is 17.7 Å². The summed E-state index contributed by atoms with van der Waals surface area (Å²) in [4.78, 5) is 11.5. The lowest BCUT2D eigenvalue weighted by Gasteiger charge is -2.06. The number of carbonyl (C=O) groups excluding carboxylic acids is 1. The van der Waals surface area contributed by atoms with Gasteiger partial charge < -0.3 is 14.5 Å². The highest BCUT2D eigenvalue weighted by Gasteiger charge is 2.14. The standard InChI is InChI=1S/C15H15N3O3S/c1-3-9-16-13(19)10-22-15-18-17-14(21-15)11-7-5-6-8-12(11)20-4-2/h1,5-8H,4,9-10H2,2H3,(H,16,19). The number of aromatic nitrogens is 2. The van der Waals surface area contributed by atoms with Gasteiger partial charge in [-0.2, -0.15) is 0 Å². The average molecular weight is 317 g/mol. The van der Waals surface area contributed by atoms with Crippen LogP contribution >= 0.6 is 11.8 Å². The SMILES string of the molecule is C#CCNC(=O)CSc1nnc(-c2ccccc2OCC)o1. The first-order chi connectivity index (χ1) is 10.7. The number of benzene rings is 1. The van der Waals surface area contributed by atoms with Crippen molar-refractivity contribution < 1.29 is 13.9 Å². The molecule has 1 aromatic carbocycles. The minimum atomic E-state index is -0.183. The van der Waals surface area contributed by atoms with E-state index in [-0.39, 0.29) is 18.2 Å². The molecule has 0 saturated heterocycles. The number of carbonyl (C=O) groups is 1. The second-order valence-electron chi connectivity index (χ2n) is 4.07. The Bertz CT molecular complexity index is 679. The molecular formula is C15H15N3O3S.